The van der Waals surface area contributed by atoms with Gasteiger partial charge in [-0.2, -0.15) is 0 Å². The molecule has 0 radical (unpaired) electrons. The minimum Gasteiger partial charge on any atom is -0.467 e. The molecule has 0 aliphatic carbocycles. The van der Waals surface area contributed by atoms with E-state index < -0.39 is 5.97 Å². The van der Waals surface area contributed by atoms with Gasteiger partial charge in [-0.25, -0.2) is 4.79 Å². The lowest BCUT2D eigenvalue weighted by Gasteiger charge is -2.08. The number of amides is 2. The average molecular weight is 559 g/mol. The number of hydrogen-bond donors (Lipinski definition) is 2. The van der Waals surface area contributed by atoms with Crippen molar-refractivity contribution in [3.8, 4) is 16.9 Å². The van der Waals surface area contributed by atoms with Crippen LogP contribution < -0.4 is 15.4 Å². The molecule has 8 heteroatoms. The smallest absolute Gasteiger partial charge is 0.335 e. The second kappa shape index (κ2) is 16.9. The van der Waals surface area contributed by atoms with Gasteiger partial charge in [0.1, 0.15) is 5.75 Å². The van der Waals surface area contributed by atoms with E-state index in [0.29, 0.717) is 28.3 Å². The molecule has 216 valence electrons. The Hall–Kier alpha value is -4.95. The van der Waals surface area contributed by atoms with Gasteiger partial charge in [-0.3, -0.25) is 9.59 Å². The van der Waals surface area contributed by atoms with Crippen molar-refractivity contribution < 1.29 is 28.6 Å². The molecule has 8 nitrogen and oxygen atoms in total. The second-order valence-corrected chi connectivity index (χ2v) is 8.58. The van der Waals surface area contributed by atoms with Crippen molar-refractivity contribution in [2.45, 2.75) is 28.7 Å². The summed E-state index contributed by atoms with van der Waals surface area (Å²) in [6, 6.07) is 22.0. The van der Waals surface area contributed by atoms with Gasteiger partial charge < -0.3 is 24.8 Å². The molecule has 0 heterocycles. The number of benzene rings is 3. The van der Waals surface area contributed by atoms with Gasteiger partial charge in [-0.15, -0.1) is 0 Å². The topological polar surface area (TPSA) is 103 Å². The molecule has 0 fully saturated rings. The Bertz CT molecular complexity index is 1360. The fourth-order valence-electron chi connectivity index (χ4n) is 3.12. The van der Waals surface area contributed by atoms with Crippen LogP contribution in [0.1, 0.15) is 34.3 Å². The maximum Gasteiger partial charge on any atom is 0.335 e. The lowest BCUT2D eigenvalue weighted by molar-refractivity contribution is -0.157. The van der Waals surface area contributed by atoms with E-state index in [4.69, 9.17) is 14.2 Å². The highest BCUT2D eigenvalue weighted by molar-refractivity contribution is 6.03. The molecule has 0 saturated carbocycles. The summed E-state index contributed by atoms with van der Waals surface area (Å²) in [5, 5.41) is 5.61. The molecule has 3 aromatic carbocycles. The summed E-state index contributed by atoms with van der Waals surface area (Å²) in [5.41, 5.74) is 4.86. The fraction of sp³-hybridized carbons (Fsp3) is 0.182. The van der Waals surface area contributed by atoms with Crippen LogP contribution in [-0.2, 0) is 23.9 Å². The summed E-state index contributed by atoms with van der Waals surface area (Å²) >= 11 is 0. The molecular formula is C33H38N2O6. The van der Waals surface area contributed by atoms with Crippen molar-refractivity contribution in [3.05, 3.63) is 109 Å². The number of esters is 1. The Morgan fingerprint density at radius 2 is 1.27 bits per heavy atom. The number of rotatable bonds is 12. The standard InChI is InChI=1S/C31H30N2O6.2CH4/c1-21(2)30(35)33-27-14-10-25(11-15-27)24-8-12-26(13-9-24)32-29(34)18-7-23-5-16-28(17-6-23)38-19-37-20-39-31(36)22(3)4;;/h5-18H,1,3,19-20H2,2,4H3,(H,32,34)(H,33,35);2*1H4/b18-7+;;. The van der Waals surface area contributed by atoms with E-state index in [-0.39, 0.29) is 40.3 Å². The van der Waals surface area contributed by atoms with Crippen LogP contribution >= 0.6 is 0 Å². The van der Waals surface area contributed by atoms with Gasteiger partial charge in [-0.05, 0) is 73.0 Å². The molecule has 0 aliphatic heterocycles. The van der Waals surface area contributed by atoms with Gasteiger partial charge in [0.05, 0.1) is 0 Å². The van der Waals surface area contributed by atoms with Gasteiger partial charge in [0.25, 0.3) is 5.91 Å². The minimum atomic E-state index is -0.526. The first kappa shape index (κ1) is 34.1. The molecule has 2 N–H and O–H groups in total. The first-order valence-corrected chi connectivity index (χ1v) is 12.0. The summed E-state index contributed by atoms with van der Waals surface area (Å²) in [6.45, 7) is 10.0. The maximum absolute atomic E-state index is 12.4. The van der Waals surface area contributed by atoms with Crippen LogP contribution in [0.2, 0.25) is 0 Å². The summed E-state index contributed by atoms with van der Waals surface area (Å²) in [7, 11) is 0. The second-order valence-electron chi connectivity index (χ2n) is 8.58. The molecular weight excluding hydrogens is 520 g/mol. The highest BCUT2D eigenvalue weighted by Gasteiger charge is 2.05. The van der Waals surface area contributed by atoms with E-state index in [2.05, 4.69) is 23.8 Å². The molecule has 3 rings (SSSR count). The van der Waals surface area contributed by atoms with Crippen molar-refractivity contribution in [2.75, 3.05) is 24.2 Å². The highest BCUT2D eigenvalue weighted by atomic mass is 16.7. The third-order valence-corrected chi connectivity index (χ3v) is 5.25. The van der Waals surface area contributed by atoms with Gasteiger partial charge in [-0.1, -0.05) is 64.4 Å². The SMILES string of the molecule is C.C.C=C(C)C(=O)Nc1ccc(-c2ccc(NC(=O)/C=C/c3ccc(OCOCOC(=O)C(=C)C)cc3)cc2)cc1. The zero-order valence-corrected chi connectivity index (χ0v) is 21.9. The van der Waals surface area contributed by atoms with E-state index in [1.807, 2.05) is 48.5 Å². The van der Waals surface area contributed by atoms with Gasteiger partial charge in [0.2, 0.25) is 5.91 Å². The highest BCUT2D eigenvalue weighted by Crippen LogP contribution is 2.23. The predicted molar refractivity (Wildman–Crippen MR) is 165 cm³/mol. The maximum atomic E-state index is 12.4. The molecule has 41 heavy (non-hydrogen) atoms. The number of hydrogen-bond acceptors (Lipinski definition) is 6. The van der Waals surface area contributed by atoms with Crippen molar-refractivity contribution in [1.82, 2.24) is 0 Å². The molecule has 0 unspecified atom stereocenters. The van der Waals surface area contributed by atoms with Crippen LogP contribution in [0, 0.1) is 0 Å². The lowest BCUT2D eigenvalue weighted by Crippen LogP contribution is -2.11. The zero-order chi connectivity index (χ0) is 28.2. The number of carbonyl (C=O) groups excluding carboxylic acids is 3. The van der Waals surface area contributed by atoms with Crippen molar-refractivity contribution in [2.24, 2.45) is 0 Å². The van der Waals surface area contributed by atoms with E-state index >= 15 is 0 Å². The predicted octanol–water partition coefficient (Wildman–Crippen LogP) is 7.22. The van der Waals surface area contributed by atoms with E-state index in [1.165, 1.54) is 6.08 Å². The number of ether oxygens (including phenoxy) is 3. The molecule has 0 aliphatic rings. The number of nitrogens with one attached hydrogen (secondary N) is 2. The first-order valence-electron chi connectivity index (χ1n) is 12.0. The summed E-state index contributed by atoms with van der Waals surface area (Å²) < 4.78 is 15.3. The van der Waals surface area contributed by atoms with Crippen LogP contribution in [0.3, 0.4) is 0 Å². The molecule has 2 amide bonds. The average Bonchev–Trinajstić information content (AvgIpc) is 2.93. The first-order chi connectivity index (χ1) is 18.7. The van der Waals surface area contributed by atoms with Crippen LogP contribution in [0.15, 0.2) is 103 Å². The Morgan fingerprint density at radius 1 is 0.732 bits per heavy atom. The Balaban J connectivity index is 0.00000420. The molecule has 0 spiro atoms. The summed E-state index contributed by atoms with van der Waals surface area (Å²) in [6.07, 6.45) is 3.13. The Kier molecular flexibility index (Phi) is 14.0. The van der Waals surface area contributed by atoms with Crippen molar-refractivity contribution in [1.29, 1.82) is 0 Å². The summed E-state index contributed by atoms with van der Waals surface area (Å²) in [4.78, 5) is 35.3. The van der Waals surface area contributed by atoms with E-state index in [0.717, 1.165) is 16.7 Å². The molecule has 0 atom stereocenters. The third kappa shape index (κ3) is 11.4. The summed E-state index contributed by atoms with van der Waals surface area (Å²) in [5.74, 6) is -0.445. The molecule has 3 aromatic rings. The largest absolute Gasteiger partial charge is 0.467 e. The zero-order valence-electron chi connectivity index (χ0n) is 21.9. The normalized spacial score (nSPS) is 10.0. The third-order valence-electron chi connectivity index (χ3n) is 5.25. The van der Waals surface area contributed by atoms with Crippen LogP contribution in [0.25, 0.3) is 17.2 Å². The Morgan fingerprint density at radius 3 is 1.78 bits per heavy atom. The lowest BCUT2D eigenvalue weighted by atomic mass is 10.0. The Labute approximate surface area is 242 Å². The van der Waals surface area contributed by atoms with Gasteiger partial charge in [0, 0.05) is 28.6 Å². The van der Waals surface area contributed by atoms with Gasteiger partial charge >= 0.3 is 5.97 Å². The molecule has 0 aromatic heterocycles. The fourth-order valence-corrected chi connectivity index (χ4v) is 3.12. The number of anilines is 2. The van der Waals surface area contributed by atoms with Crippen molar-refractivity contribution >= 4 is 35.2 Å². The van der Waals surface area contributed by atoms with Crippen LogP contribution in [-0.4, -0.2) is 31.4 Å². The minimum absolute atomic E-state index is 0. The van der Waals surface area contributed by atoms with Crippen LogP contribution in [0.4, 0.5) is 11.4 Å². The monoisotopic (exact) mass is 558 g/mol. The van der Waals surface area contributed by atoms with Gasteiger partial charge in [0.15, 0.2) is 13.6 Å². The van der Waals surface area contributed by atoms with Crippen molar-refractivity contribution in [3.63, 3.8) is 0 Å². The molecule has 0 saturated heterocycles. The molecule has 0 bridgehead atoms. The quantitative estimate of drug-likeness (QED) is 0.105. The number of carbonyl (C=O) groups is 3. The van der Waals surface area contributed by atoms with Crippen LogP contribution in [0.5, 0.6) is 5.75 Å². The van der Waals surface area contributed by atoms with E-state index in [9.17, 15) is 14.4 Å². The van der Waals surface area contributed by atoms with E-state index in [1.54, 1.807) is 44.2 Å².